The first-order valence-electron chi connectivity index (χ1n) is 4.17. The molecule has 0 saturated heterocycles. The SMILES string of the molecule is O=C(O)/C=C/C(=O)O.O=C1CC=CC=CO1. The highest BCUT2D eigenvalue weighted by atomic mass is 16.5. The normalized spacial score (nSPS) is 13.6. The van der Waals surface area contributed by atoms with Gasteiger partial charge in [-0.25, -0.2) is 9.59 Å². The van der Waals surface area contributed by atoms with Crippen LogP contribution >= 0.6 is 0 Å². The van der Waals surface area contributed by atoms with Gasteiger partial charge in [-0.1, -0.05) is 12.2 Å². The minimum Gasteiger partial charge on any atom is -0.478 e. The third-order valence-electron chi connectivity index (χ3n) is 1.18. The maximum Gasteiger partial charge on any atom is 0.328 e. The van der Waals surface area contributed by atoms with E-state index in [1.54, 1.807) is 18.2 Å². The highest BCUT2D eigenvalue weighted by molar-refractivity contribution is 5.89. The lowest BCUT2D eigenvalue weighted by Gasteiger charge is -1.88. The number of hydrogen-bond donors (Lipinski definition) is 2. The molecule has 6 nitrogen and oxygen atoms in total. The molecule has 0 atom stereocenters. The number of carbonyl (C=O) groups is 3. The molecule has 0 aromatic rings. The summed E-state index contributed by atoms with van der Waals surface area (Å²) < 4.78 is 4.52. The van der Waals surface area contributed by atoms with E-state index in [4.69, 9.17) is 10.2 Å². The molecule has 16 heavy (non-hydrogen) atoms. The van der Waals surface area contributed by atoms with Crippen LogP contribution in [0.3, 0.4) is 0 Å². The van der Waals surface area contributed by atoms with Gasteiger partial charge in [0.25, 0.3) is 0 Å². The fourth-order valence-electron chi connectivity index (χ4n) is 0.594. The van der Waals surface area contributed by atoms with Crippen LogP contribution in [-0.4, -0.2) is 28.1 Å². The number of carbonyl (C=O) groups excluding carboxylic acids is 1. The van der Waals surface area contributed by atoms with Crippen molar-refractivity contribution in [3.8, 4) is 0 Å². The average Bonchev–Trinajstić information content (AvgIpc) is 2.44. The molecule has 0 aromatic heterocycles. The number of esters is 1. The number of hydrogen-bond acceptors (Lipinski definition) is 4. The first kappa shape index (κ1) is 13.6. The van der Waals surface area contributed by atoms with Gasteiger partial charge in [0.05, 0.1) is 12.7 Å². The molecular formula is C10H10O6. The molecule has 1 aliphatic rings. The largest absolute Gasteiger partial charge is 0.478 e. The van der Waals surface area contributed by atoms with Gasteiger partial charge >= 0.3 is 17.9 Å². The van der Waals surface area contributed by atoms with Crippen molar-refractivity contribution in [2.24, 2.45) is 0 Å². The zero-order chi connectivity index (χ0) is 12.4. The minimum atomic E-state index is -1.26. The minimum absolute atomic E-state index is 0.199. The first-order valence-corrected chi connectivity index (χ1v) is 4.17. The Kier molecular flexibility index (Phi) is 6.80. The molecule has 1 heterocycles. The maximum absolute atomic E-state index is 10.4. The first-order chi connectivity index (χ1) is 7.52. The summed E-state index contributed by atoms with van der Waals surface area (Å²) in [6.45, 7) is 0. The van der Waals surface area contributed by atoms with Crippen molar-refractivity contribution in [2.45, 2.75) is 6.42 Å². The number of cyclic esters (lactones) is 1. The lowest BCUT2D eigenvalue weighted by atomic mass is 10.4. The van der Waals surface area contributed by atoms with E-state index in [9.17, 15) is 14.4 Å². The van der Waals surface area contributed by atoms with E-state index in [0.29, 0.717) is 18.6 Å². The maximum atomic E-state index is 10.4. The molecule has 2 N–H and O–H groups in total. The smallest absolute Gasteiger partial charge is 0.328 e. The molecule has 6 heteroatoms. The fraction of sp³-hybridized carbons (Fsp3) is 0.100. The summed E-state index contributed by atoms with van der Waals surface area (Å²) in [7, 11) is 0. The van der Waals surface area contributed by atoms with Gasteiger partial charge in [0, 0.05) is 12.2 Å². The van der Waals surface area contributed by atoms with E-state index in [1.807, 2.05) is 0 Å². The third-order valence-corrected chi connectivity index (χ3v) is 1.18. The number of allylic oxidation sites excluding steroid dienone is 2. The monoisotopic (exact) mass is 226 g/mol. The molecule has 0 saturated carbocycles. The number of rotatable bonds is 2. The van der Waals surface area contributed by atoms with Gasteiger partial charge in [-0.15, -0.1) is 0 Å². The van der Waals surface area contributed by atoms with Crippen LogP contribution in [0.1, 0.15) is 6.42 Å². The molecule has 1 aliphatic heterocycles. The van der Waals surface area contributed by atoms with E-state index < -0.39 is 11.9 Å². The molecule has 0 aliphatic carbocycles. The molecule has 0 unspecified atom stereocenters. The lowest BCUT2D eigenvalue weighted by molar-refractivity contribution is -0.137. The Morgan fingerprint density at radius 3 is 2.25 bits per heavy atom. The molecule has 0 fully saturated rings. The van der Waals surface area contributed by atoms with E-state index in [1.165, 1.54) is 6.26 Å². The quantitative estimate of drug-likeness (QED) is 0.531. The van der Waals surface area contributed by atoms with Crippen LogP contribution in [0, 0.1) is 0 Å². The summed E-state index contributed by atoms with van der Waals surface area (Å²) in [6, 6.07) is 0. The Morgan fingerprint density at radius 1 is 1.19 bits per heavy atom. The van der Waals surface area contributed by atoms with Crippen LogP contribution in [-0.2, 0) is 19.1 Å². The van der Waals surface area contributed by atoms with Gasteiger partial charge < -0.3 is 14.9 Å². The van der Waals surface area contributed by atoms with Crippen LogP contribution in [0.25, 0.3) is 0 Å². The van der Waals surface area contributed by atoms with Crippen molar-refractivity contribution < 1.29 is 29.3 Å². The average molecular weight is 226 g/mol. The Balaban J connectivity index is 0.000000281. The Morgan fingerprint density at radius 2 is 1.75 bits per heavy atom. The fourth-order valence-corrected chi connectivity index (χ4v) is 0.594. The summed E-state index contributed by atoms with van der Waals surface area (Å²) in [5, 5.41) is 15.6. The van der Waals surface area contributed by atoms with Crippen molar-refractivity contribution in [3.63, 3.8) is 0 Å². The highest BCUT2D eigenvalue weighted by Crippen LogP contribution is 1.94. The summed E-state index contributed by atoms with van der Waals surface area (Å²) >= 11 is 0. The van der Waals surface area contributed by atoms with Crippen LogP contribution in [0.2, 0.25) is 0 Å². The van der Waals surface area contributed by atoms with E-state index in [2.05, 4.69) is 4.74 Å². The number of carboxylic acid groups (broad SMARTS) is 2. The Labute approximate surface area is 91.1 Å². The van der Waals surface area contributed by atoms with E-state index in [0.717, 1.165) is 0 Å². The molecule has 1 rings (SSSR count). The highest BCUT2D eigenvalue weighted by Gasteiger charge is 1.96. The van der Waals surface area contributed by atoms with Crippen molar-refractivity contribution in [1.29, 1.82) is 0 Å². The zero-order valence-corrected chi connectivity index (χ0v) is 8.20. The number of carboxylic acids is 2. The summed E-state index contributed by atoms with van der Waals surface area (Å²) in [4.78, 5) is 29.5. The predicted molar refractivity (Wildman–Crippen MR) is 53.4 cm³/mol. The topological polar surface area (TPSA) is 101 Å². The molecule has 0 spiro atoms. The van der Waals surface area contributed by atoms with Gasteiger partial charge in [-0.2, -0.15) is 0 Å². The van der Waals surface area contributed by atoms with Crippen LogP contribution in [0.4, 0.5) is 0 Å². The van der Waals surface area contributed by atoms with Gasteiger partial charge in [0.1, 0.15) is 0 Å². The third kappa shape index (κ3) is 9.72. The summed E-state index contributed by atoms with van der Waals surface area (Å²) in [6.07, 6.45) is 8.10. The van der Waals surface area contributed by atoms with E-state index in [-0.39, 0.29) is 5.97 Å². The second-order valence-corrected chi connectivity index (χ2v) is 2.46. The van der Waals surface area contributed by atoms with Crippen LogP contribution in [0.15, 0.2) is 36.6 Å². The molecule has 0 radical (unpaired) electrons. The molecule has 86 valence electrons. The van der Waals surface area contributed by atoms with Crippen molar-refractivity contribution in [3.05, 3.63) is 36.6 Å². The standard InChI is InChI=1S/C6H6O2.C4H4O4/c7-6-4-2-1-3-5-8-6;5-3(6)1-2-4(7)8/h1-3,5H,4H2;1-2H,(H,5,6)(H,7,8)/b;2-1+. The van der Waals surface area contributed by atoms with E-state index >= 15 is 0 Å². The van der Waals surface area contributed by atoms with Crippen LogP contribution < -0.4 is 0 Å². The Hall–Kier alpha value is -2.37. The molecule has 0 aromatic carbocycles. The van der Waals surface area contributed by atoms with Gasteiger partial charge in [-0.05, 0) is 6.08 Å². The summed E-state index contributed by atoms with van der Waals surface area (Å²) in [5.41, 5.74) is 0. The second kappa shape index (κ2) is 7.98. The molecule has 0 bridgehead atoms. The zero-order valence-electron chi connectivity index (χ0n) is 8.20. The lowest BCUT2D eigenvalue weighted by Crippen LogP contribution is -1.94. The number of aliphatic carboxylic acids is 2. The number of ether oxygens (including phenoxy) is 1. The predicted octanol–water partition coefficient (Wildman–Crippen LogP) is 0.715. The van der Waals surface area contributed by atoms with Crippen LogP contribution in [0.5, 0.6) is 0 Å². The van der Waals surface area contributed by atoms with Gasteiger partial charge in [0.15, 0.2) is 0 Å². The van der Waals surface area contributed by atoms with Crippen molar-refractivity contribution in [2.75, 3.05) is 0 Å². The second-order valence-electron chi connectivity index (χ2n) is 2.46. The molecule has 0 amide bonds. The summed E-state index contributed by atoms with van der Waals surface area (Å²) in [5.74, 6) is -2.71. The molecular weight excluding hydrogens is 216 g/mol. The van der Waals surface area contributed by atoms with Crippen molar-refractivity contribution >= 4 is 17.9 Å². The van der Waals surface area contributed by atoms with Gasteiger partial charge in [0.2, 0.25) is 0 Å². The Bertz CT molecular complexity index is 318. The van der Waals surface area contributed by atoms with Gasteiger partial charge in [-0.3, -0.25) is 4.79 Å². The van der Waals surface area contributed by atoms with Crippen molar-refractivity contribution in [1.82, 2.24) is 0 Å².